The highest BCUT2D eigenvalue weighted by Gasteiger charge is 2.05. The Bertz CT molecular complexity index is 539. The van der Waals surface area contributed by atoms with E-state index in [0.717, 1.165) is 30.6 Å². The first-order valence-electron chi connectivity index (χ1n) is 6.90. The molecule has 19 heavy (non-hydrogen) atoms. The summed E-state index contributed by atoms with van der Waals surface area (Å²) in [6, 6.07) is 10.8. The number of rotatable bonds is 6. The molecule has 0 bridgehead atoms. The fourth-order valence-electron chi connectivity index (χ4n) is 2.32. The lowest BCUT2D eigenvalue weighted by molar-refractivity contribution is 0.276. The van der Waals surface area contributed by atoms with Crippen LogP contribution in [0.1, 0.15) is 31.0 Å². The molecule has 102 valence electrons. The van der Waals surface area contributed by atoms with E-state index in [0.29, 0.717) is 6.04 Å². The number of pyridine rings is 1. The first kappa shape index (κ1) is 14.0. The number of aromatic nitrogens is 1. The fraction of sp³-hybridized carbons (Fsp3) is 0.438. The molecule has 1 unspecified atom stereocenters. The maximum absolute atomic E-state index is 8.84. The van der Waals surface area contributed by atoms with E-state index in [4.69, 9.17) is 5.11 Å². The average Bonchev–Trinajstić information content (AvgIpc) is 2.42. The van der Waals surface area contributed by atoms with Gasteiger partial charge in [0.25, 0.3) is 0 Å². The minimum Gasteiger partial charge on any atom is -0.396 e. The molecular weight excluding hydrogens is 236 g/mol. The molecule has 0 fully saturated rings. The predicted octanol–water partition coefficient (Wildman–Crippen LogP) is 2.79. The Labute approximate surface area is 114 Å². The maximum atomic E-state index is 8.84. The molecule has 0 saturated carbocycles. The van der Waals surface area contributed by atoms with Crippen molar-refractivity contribution in [3.05, 3.63) is 41.6 Å². The van der Waals surface area contributed by atoms with E-state index in [-0.39, 0.29) is 6.61 Å². The second kappa shape index (κ2) is 6.64. The molecular formula is C16H22N2O. The Balaban J connectivity index is 2.11. The highest BCUT2D eigenvalue weighted by atomic mass is 16.2. The number of para-hydroxylation sites is 1. The van der Waals surface area contributed by atoms with Gasteiger partial charge in [-0.05, 0) is 44.4 Å². The first-order chi connectivity index (χ1) is 9.20. The Morgan fingerprint density at radius 2 is 2.11 bits per heavy atom. The summed E-state index contributed by atoms with van der Waals surface area (Å²) in [5.41, 5.74) is 3.40. The highest BCUT2D eigenvalue weighted by Crippen LogP contribution is 2.18. The van der Waals surface area contributed by atoms with Gasteiger partial charge in [-0.15, -0.1) is 0 Å². The second-order valence-corrected chi connectivity index (χ2v) is 5.09. The summed E-state index contributed by atoms with van der Waals surface area (Å²) < 4.78 is 0. The van der Waals surface area contributed by atoms with Crippen molar-refractivity contribution in [2.75, 3.05) is 6.61 Å². The van der Waals surface area contributed by atoms with E-state index in [1.165, 1.54) is 10.9 Å². The van der Waals surface area contributed by atoms with E-state index in [2.05, 4.69) is 41.5 Å². The summed E-state index contributed by atoms with van der Waals surface area (Å²) >= 11 is 0. The van der Waals surface area contributed by atoms with Gasteiger partial charge in [0, 0.05) is 30.3 Å². The van der Waals surface area contributed by atoms with Crippen LogP contribution in [0.5, 0.6) is 0 Å². The lowest BCUT2D eigenvalue weighted by atomic mass is 10.1. The molecule has 1 aromatic heterocycles. The van der Waals surface area contributed by atoms with Crippen molar-refractivity contribution in [2.45, 2.75) is 39.3 Å². The topological polar surface area (TPSA) is 45.1 Å². The number of aliphatic hydroxyl groups is 1. The summed E-state index contributed by atoms with van der Waals surface area (Å²) in [6.07, 6.45) is 1.85. The van der Waals surface area contributed by atoms with Gasteiger partial charge in [0.15, 0.2) is 0 Å². The number of hydrogen-bond acceptors (Lipinski definition) is 3. The van der Waals surface area contributed by atoms with Crippen LogP contribution in [0.15, 0.2) is 30.3 Å². The van der Waals surface area contributed by atoms with E-state index < -0.39 is 0 Å². The number of benzene rings is 1. The zero-order valence-corrected chi connectivity index (χ0v) is 11.7. The second-order valence-electron chi connectivity index (χ2n) is 5.09. The van der Waals surface area contributed by atoms with Crippen LogP contribution >= 0.6 is 0 Å². The molecule has 2 aromatic rings. The smallest absolute Gasteiger partial charge is 0.0708 e. The summed E-state index contributed by atoms with van der Waals surface area (Å²) in [4.78, 5) is 4.55. The predicted molar refractivity (Wildman–Crippen MR) is 79.1 cm³/mol. The van der Waals surface area contributed by atoms with Crippen LogP contribution < -0.4 is 5.32 Å². The van der Waals surface area contributed by atoms with Gasteiger partial charge in [-0.1, -0.05) is 18.2 Å². The van der Waals surface area contributed by atoms with Crippen molar-refractivity contribution in [1.29, 1.82) is 0 Å². The number of hydrogen-bond donors (Lipinski definition) is 2. The van der Waals surface area contributed by atoms with Gasteiger partial charge in [-0.25, -0.2) is 0 Å². The Morgan fingerprint density at radius 3 is 2.89 bits per heavy atom. The van der Waals surface area contributed by atoms with Gasteiger partial charge in [0.2, 0.25) is 0 Å². The van der Waals surface area contributed by atoms with Gasteiger partial charge in [-0.2, -0.15) is 0 Å². The summed E-state index contributed by atoms with van der Waals surface area (Å²) in [7, 11) is 0. The van der Waals surface area contributed by atoms with Gasteiger partial charge in [-0.3, -0.25) is 4.98 Å². The number of aliphatic hydroxyl groups excluding tert-OH is 1. The third-order valence-electron chi connectivity index (χ3n) is 3.37. The Morgan fingerprint density at radius 1 is 1.32 bits per heavy atom. The van der Waals surface area contributed by atoms with E-state index >= 15 is 0 Å². The van der Waals surface area contributed by atoms with Crippen LogP contribution in [0.4, 0.5) is 0 Å². The number of nitrogens with one attached hydrogen (secondary N) is 1. The highest BCUT2D eigenvalue weighted by molar-refractivity contribution is 5.82. The third kappa shape index (κ3) is 3.75. The molecule has 0 saturated heterocycles. The lowest BCUT2D eigenvalue weighted by Crippen LogP contribution is -2.25. The number of fused-ring (bicyclic) bond motifs is 1. The van der Waals surface area contributed by atoms with Crippen molar-refractivity contribution in [2.24, 2.45) is 0 Å². The Hall–Kier alpha value is -1.45. The standard InChI is InChI=1S/C16H22N2O/c1-12(6-5-9-19)17-11-14-10-13(2)18-16-8-4-3-7-15(14)16/h3-4,7-8,10,12,17,19H,5-6,9,11H2,1-2H3. The molecule has 1 atom stereocenters. The molecule has 3 nitrogen and oxygen atoms in total. The van der Waals surface area contributed by atoms with Gasteiger partial charge < -0.3 is 10.4 Å². The zero-order valence-electron chi connectivity index (χ0n) is 11.7. The molecule has 0 spiro atoms. The van der Waals surface area contributed by atoms with Crippen molar-refractivity contribution in [1.82, 2.24) is 10.3 Å². The summed E-state index contributed by atoms with van der Waals surface area (Å²) in [5, 5.41) is 13.6. The van der Waals surface area contributed by atoms with Gasteiger partial charge >= 0.3 is 0 Å². The quantitative estimate of drug-likeness (QED) is 0.837. The molecule has 1 aromatic carbocycles. The summed E-state index contributed by atoms with van der Waals surface area (Å²) in [6.45, 7) is 5.30. The average molecular weight is 258 g/mol. The number of nitrogens with zero attached hydrogens (tertiary/aromatic N) is 1. The molecule has 0 aliphatic carbocycles. The van der Waals surface area contributed by atoms with Crippen molar-refractivity contribution in [3.8, 4) is 0 Å². The number of aryl methyl sites for hydroxylation is 1. The molecule has 2 rings (SSSR count). The van der Waals surface area contributed by atoms with Crippen LogP contribution in [0.2, 0.25) is 0 Å². The molecule has 2 N–H and O–H groups in total. The molecule has 0 aliphatic rings. The Kier molecular flexibility index (Phi) is 4.88. The zero-order chi connectivity index (χ0) is 13.7. The first-order valence-corrected chi connectivity index (χ1v) is 6.90. The van der Waals surface area contributed by atoms with Crippen molar-refractivity contribution in [3.63, 3.8) is 0 Å². The maximum Gasteiger partial charge on any atom is 0.0708 e. The minimum absolute atomic E-state index is 0.267. The van der Waals surface area contributed by atoms with Crippen LogP contribution in [-0.4, -0.2) is 22.7 Å². The van der Waals surface area contributed by atoms with Crippen molar-refractivity contribution < 1.29 is 5.11 Å². The summed E-state index contributed by atoms with van der Waals surface area (Å²) in [5.74, 6) is 0. The monoisotopic (exact) mass is 258 g/mol. The van der Waals surface area contributed by atoms with E-state index in [1.807, 2.05) is 13.0 Å². The van der Waals surface area contributed by atoms with Crippen LogP contribution in [0.3, 0.4) is 0 Å². The molecule has 0 aliphatic heterocycles. The van der Waals surface area contributed by atoms with Crippen LogP contribution in [0.25, 0.3) is 10.9 Å². The fourth-order valence-corrected chi connectivity index (χ4v) is 2.32. The lowest BCUT2D eigenvalue weighted by Gasteiger charge is -2.14. The largest absolute Gasteiger partial charge is 0.396 e. The molecule has 0 amide bonds. The van der Waals surface area contributed by atoms with Crippen molar-refractivity contribution >= 4 is 10.9 Å². The van der Waals surface area contributed by atoms with Gasteiger partial charge in [0.1, 0.15) is 0 Å². The normalized spacial score (nSPS) is 12.8. The molecule has 3 heteroatoms. The molecule has 0 radical (unpaired) electrons. The minimum atomic E-state index is 0.267. The molecule has 1 heterocycles. The SMILES string of the molecule is Cc1cc(CNC(C)CCCO)c2ccccc2n1. The third-order valence-corrected chi connectivity index (χ3v) is 3.37. The van der Waals surface area contributed by atoms with Crippen LogP contribution in [-0.2, 0) is 6.54 Å². The van der Waals surface area contributed by atoms with E-state index in [9.17, 15) is 0 Å². The van der Waals surface area contributed by atoms with Crippen LogP contribution in [0, 0.1) is 6.92 Å². The van der Waals surface area contributed by atoms with E-state index in [1.54, 1.807) is 0 Å². The van der Waals surface area contributed by atoms with Gasteiger partial charge in [0.05, 0.1) is 5.52 Å².